The van der Waals surface area contributed by atoms with E-state index in [1.165, 1.54) is 0 Å². The maximum absolute atomic E-state index is 11.1. The molecule has 4 nitrogen and oxygen atoms in total. The van der Waals surface area contributed by atoms with Crippen LogP contribution in [-0.2, 0) is 11.2 Å². The monoisotopic (exact) mass is 374 g/mol. The van der Waals surface area contributed by atoms with Gasteiger partial charge in [0.2, 0.25) is 5.91 Å². The lowest BCUT2D eigenvalue weighted by atomic mass is 10.0. The van der Waals surface area contributed by atoms with Crippen molar-refractivity contribution in [2.75, 3.05) is 0 Å². The van der Waals surface area contributed by atoms with Crippen molar-refractivity contribution in [1.82, 2.24) is 5.43 Å². The molecule has 2 N–H and O–H groups in total. The molecule has 0 aliphatic carbocycles. The first kappa shape index (κ1) is 13.5. The fourth-order valence-corrected chi connectivity index (χ4v) is 3.54. The summed E-state index contributed by atoms with van der Waals surface area (Å²) in [5.41, 5.74) is 4.78. The number of rotatable bonds is 2. The van der Waals surface area contributed by atoms with Crippen molar-refractivity contribution in [2.24, 2.45) is 5.10 Å². The van der Waals surface area contributed by atoms with Gasteiger partial charge in [-0.2, -0.15) is 5.10 Å². The van der Waals surface area contributed by atoms with E-state index in [-0.39, 0.29) is 11.7 Å². The molecule has 0 atom stereocenters. The number of nitrogens with zero attached hydrogens (tertiary/aromatic N) is 1. The standard InChI is InChI=1S/C12H12Br2N2O2/c1-2-6-8(13)5-7(12(18)11(6)14)9-3-4-10(17)16-15-9/h5,18H,2-4H2,1H3,(H,16,17). The highest BCUT2D eigenvalue weighted by molar-refractivity contribution is 9.11. The van der Waals surface area contributed by atoms with Crippen LogP contribution in [0.3, 0.4) is 0 Å². The molecular weight excluding hydrogens is 364 g/mol. The Hall–Kier alpha value is -0.880. The van der Waals surface area contributed by atoms with Gasteiger partial charge in [0.05, 0.1) is 10.2 Å². The molecule has 6 heteroatoms. The fraction of sp³-hybridized carbons (Fsp3) is 0.333. The van der Waals surface area contributed by atoms with E-state index in [1.807, 2.05) is 13.0 Å². The van der Waals surface area contributed by atoms with Crippen LogP contribution < -0.4 is 5.43 Å². The first-order valence-electron chi connectivity index (χ1n) is 5.60. The molecule has 0 radical (unpaired) electrons. The van der Waals surface area contributed by atoms with Gasteiger partial charge >= 0.3 is 0 Å². The lowest BCUT2D eigenvalue weighted by molar-refractivity contribution is -0.121. The van der Waals surface area contributed by atoms with Crippen LogP contribution in [0.5, 0.6) is 5.75 Å². The first-order chi connectivity index (χ1) is 8.54. The van der Waals surface area contributed by atoms with Crippen LogP contribution in [0.1, 0.15) is 30.9 Å². The van der Waals surface area contributed by atoms with Crippen LogP contribution in [0, 0.1) is 0 Å². The Kier molecular flexibility index (Phi) is 4.07. The van der Waals surface area contributed by atoms with Gasteiger partial charge in [-0.05, 0) is 34.0 Å². The summed E-state index contributed by atoms with van der Waals surface area (Å²) in [6.45, 7) is 2.02. The summed E-state index contributed by atoms with van der Waals surface area (Å²) in [6, 6.07) is 1.84. The zero-order valence-corrected chi connectivity index (χ0v) is 12.9. The van der Waals surface area contributed by atoms with Gasteiger partial charge in [0.15, 0.2) is 0 Å². The molecule has 1 heterocycles. The highest BCUT2D eigenvalue weighted by Gasteiger charge is 2.20. The van der Waals surface area contributed by atoms with E-state index < -0.39 is 0 Å². The van der Waals surface area contributed by atoms with E-state index in [4.69, 9.17) is 0 Å². The zero-order chi connectivity index (χ0) is 13.3. The number of carbonyl (C=O) groups is 1. The Labute approximate surface area is 122 Å². The quantitative estimate of drug-likeness (QED) is 0.834. The maximum Gasteiger partial charge on any atom is 0.240 e. The Morgan fingerprint density at radius 1 is 1.44 bits per heavy atom. The Bertz CT molecular complexity index is 541. The molecule has 1 aliphatic heterocycles. The summed E-state index contributed by atoms with van der Waals surface area (Å²) < 4.78 is 1.60. The molecule has 0 saturated carbocycles. The highest BCUT2D eigenvalue weighted by Crippen LogP contribution is 2.37. The number of nitrogens with one attached hydrogen (secondary N) is 1. The minimum absolute atomic E-state index is 0.0958. The maximum atomic E-state index is 11.1. The van der Waals surface area contributed by atoms with Gasteiger partial charge in [-0.3, -0.25) is 4.79 Å². The summed E-state index contributed by atoms with van der Waals surface area (Å²) >= 11 is 6.89. The molecule has 1 aromatic rings. The molecule has 1 aromatic carbocycles. The number of halogens is 2. The van der Waals surface area contributed by atoms with E-state index in [2.05, 4.69) is 42.4 Å². The average Bonchev–Trinajstić information content (AvgIpc) is 2.36. The van der Waals surface area contributed by atoms with Gasteiger partial charge in [0.1, 0.15) is 5.75 Å². The van der Waals surface area contributed by atoms with Gasteiger partial charge in [0.25, 0.3) is 0 Å². The topological polar surface area (TPSA) is 61.7 Å². The van der Waals surface area contributed by atoms with E-state index in [0.717, 1.165) is 16.5 Å². The van der Waals surface area contributed by atoms with Gasteiger partial charge in [-0.25, -0.2) is 5.43 Å². The van der Waals surface area contributed by atoms with Crippen LogP contribution in [-0.4, -0.2) is 16.7 Å². The minimum atomic E-state index is -0.0958. The lowest BCUT2D eigenvalue weighted by Crippen LogP contribution is -2.26. The zero-order valence-electron chi connectivity index (χ0n) is 9.76. The predicted octanol–water partition coefficient (Wildman–Crippen LogP) is 3.09. The number of phenols is 1. The largest absolute Gasteiger partial charge is 0.506 e. The number of phenolic OH excluding ortho intramolecular Hbond substituents is 1. The van der Waals surface area contributed by atoms with Crippen molar-refractivity contribution in [3.05, 3.63) is 26.1 Å². The van der Waals surface area contributed by atoms with Crippen LogP contribution >= 0.6 is 31.9 Å². The molecule has 0 fully saturated rings. The molecule has 0 unspecified atom stereocenters. The number of aromatic hydroxyl groups is 1. The van der Waals surface area contributed by atoms with Crippen molar-refractivity contribution in [3.63, 3.8) is 0 Å². The van der Waals surface area contributed by atoms with Gasteiger partial charge in [-0.15, -0.1) is 0 Å². The van der Waals surface area contributed by atoms with Crippen LogP contribution in [0.15, 0.2) is 20.1 Å². The first-order valence-corrected chi connectivity index (χ1v) is 7.18. The second-order valence-corrected chi connectivity index (χ2v) is 5.64. The second kappa shape index (κ2) is 5.40. The van der Waals surface area contributed by atoms with E-state index >= 15 is 0 Å². The van der Waals surface area contributed by atoms with E-state index in [9.17, 15) is 9.90 Å². The molecule has 0 bridgehead atoms. The van der Waals surface area contributed by atoms with Crippen molar-refractivity contribution >= 4 is 43.5 Å². The molecule has 96 valence electrons. The number of hydrogen-bond donors (Lipinski definition) is 2. The van der Waals surface area contributed by atoms with Crippen LogP contribution in [0.2, 0.25) is 0 Å². The third-order valence-corrected chi connectivity index (χ3v) is 4.42. The van der Waals surface area contributed by atoms with Gasteiger partial charge in [-0.1, -0.05) is 22.9 Å². The second-order valence-electron chi connectivity index (χ2n) is 3.99. The Morgan fingerprint density at radius 2 is 2.17 bits per heavy atom. The molecule has 0 aromatic heterocycles. The molecule has 0 saturated heterocycles. The molecule has 0 spiro atoms. The number of hydrogen-bond acceptors (Lipinski definition) is 3. The van der Waals surface area contributed by atoms with Crippen molar-refractivity contribution < 1.29 is 9.90 Å². The van der Waals surface area contributed by atoms with Crippen molar-refractivity contribution in [1.29, 1.82) is 0 Å². The summed E-state index contributed by atoms with van der Waals surface area (Å²) in [5.74, 6) is 0.0755. The summed E-state index contributed by atoms with van der Waals surface area (Å²) in [5, 5.41) is 14.2. The predicted molar refractivity (Wildman–Crippen MR) is 76.8 cm³/mol. The summed E-state index contributed by atoms with van der Waals surface area (Å²) in [7, 11) is 0. The van der Waals surface area contributed by atoms with Crippen molar-refractivity contribution in [2.45, 2.75) is 26.2 Å². The minimum Gasteiger partial charge on any atom is -0.506 e. The average molecular weight is 376 g/mol. The summed E-state index contributed by atoms with van der Waals surface area (Å²) in [6.07, 6.45) is 1.73. The van der Waals surface area contributed by atoms with E-state index in [1.54, 1.807) is 0 Å². The number of benzene rings is 1. The van der Waals surface area contributed by atoms with Gasteiger partial charge < -0.3 is 5.11 Å². The smallest absolute Gasteiger partial charge is 0.240 e. The molecule has 1 aliphatic rings. The lowest BCUT2D eigenvalue weighted by Gasteiger charge is -2.16. The third-order valence-electron chi connectivity index (χ3n) is 2.86. The van der Waals surface area contributed by atoms with Crippen LogP contribution in [0.25, 0.3) is 0 Å². The number of carbonyl (C=O) groups excluding carboxylic acids is 1. The molecular formula is C12H12Br2N2O2. The third kappa shape index (κ3) is 2.44. The van der Waals surface area contributed by atoms with Crippen molar-refractivity contribution in [3.8, 4) is 5.75 Å². The number of amides is 1. The Balaban J connectivity index is 2.50. The normalized spacial score (nSPS) is 15.3. The van der Waals surface area contributed by atoms with E-state index in [0.29, 0.717) is 28.6 Å². The SMILES string of the molecule is CCc1c(Br)cc(C2=NNC(=O)CC2)c(O)c1Br. The Morgan fingerprint density at radius 3 is 2.72 bits per heavy atom. The molecule has 18 heavy (non-hydrogen) atoms. The fourth-order valence-electron chi connectivity index (χ4n) is 1.86. The number of hydrazone groups is 1. The van der Waals surface area contributed by atoms with Crippen LogP contribution in [0.4, 0.5) is 0 Å². The molecule has 2 rings (SSSR count). The van der Waals surface area contributed by atoms with Gasteiger partial charge in [0, 0.05) is 22.9 Å². The highest BCUT2D eigenvalue weighted by atomic mass is 79.9. The molecule has 1 amide bonds. The summed E-state index contributed by atoms with van der Waals surface area (Å²) in [4.78, 5) is 11.1.